The standard InChI is InChI=1S/C19H19N5O/c1-25-16-9-7-15(8-10-16)18-21-12-11-17(23-18)24-19(20)22-13-14-5-3-2-4-6-14/h2-12H,13H2,1H3,(H3,20,21,22,23,24). The maximum Gasteiger partial charge on any atom is 0.194 e. The van der Waals surface area contributed by atoms with Crippen molar-refractivity contribution in [1.29, 1.82) is 0 Å². The minimum atomic E-state index is 0.309. The van der Waals surface area contributed by atoms with Gasteiger partial charge in [0.25, 0.3) is 0 Å². The van der Waals surface area contributed by atoms with Crippen LogP contribution >= 0.6 is 0 Å². The zero-order valence-corrected chi connectivity index (χ0v) is 13.9. The maximum absolute atomic E-state index is 5.94. The average molecular weight is 333 g/mol. The van der Waals surface area contributed by atoms with E-state index in [0.717, 1.165) is 16.9 Å². The van der Waals surface area contributed by atoms with E-state index in [1.54, 1.807) is 19.4 Å². The highest BCUT2D eigenvalue weighted by atomic mass is 16.5. The van der Waals surface area contributed by atoms with Crippen LogP contribution in [0.25, 0.3) is 11.4 Å². The Kier molecular flexibility index (Phi) is 5.21. The number of nitrogens with zero attached hydrogens (tertiary/aromatic N) is 3. The summed E-state index contributed by atoms with van der Waals surface area (Å²) in [5.41, 5.74) is 7.93. The molecule has 1 heterocycles. The third-order valence-corrected chi connectivity index (χ3v) is 3.53. The van der Waals surface area contributed by atoms with E-state index in [1.807, 2.05) is 54.6 Å². The van der Waals surface area contributed by atoms with Crippen LogP contribution in [-0.4, -0.2) is 23.0 Å². The molecule has 2 aromatic carbocycles. The van der Waals surface area contributed by atoms with Crippen LogP contribution in [0.4, 0.5) is 5.82 Å². The van der Waals surface area contributed by atoms with Gasteiger partial charge in [0.1, 0.15) is 11.6 Å². The normalized spacial score (nSPS) is 11.2. The highest BCUT2D eigenvalue weighted by Gasteiger charge is 2.04. The summed E-state index contributed by atoms with van der Waals surface area (Å²) in [6.07, 6.45) is 1.68. The molecular weight excluding hydrogens is 314 g/mol. The van der Waals surface area contributed by atoms with Gasteiger partial charge in [-0.25, -0.2) is 15.0 Å². The van der Waals surface area contributed by atoms with Crippen molar-refractivity contribution in [1.82, 2.24) is 9.97 Å². The van der Waals surface area contributed by atoms with Crippen LogP contribution in [0, 0.1) is 0 Å². The van der Waals surface area contributed by atoms with Gasteiger partial charge < -0.3 is 15.8 Å². The summed E-state index contributed by atoms with van der Waals surface area (Å²) >= 11 is 0. The maximum atomic E-state index is 5.94. The number of ether oxygens (including phenoxy) is 1. The number of nitrogens with two attached hydrogens (primary N) is 1. The molecule has 0 bridgehead atoms. The van der Waals surface area contributed by atoms with Gasteiger partial charge in [0, 0.05) is 11.8 Å². The SMILES string of the molecule is COc1ccc(-c2nccc(NC(N)=NCc3ccccc3)n2)cc1. The number of anilines is 1. The van der Waals surface area contributed by atoms with Gasteiger partial charge in [0.15, 0.2) is 11.8 Å². The zero-order valence-electron chi connectivity index (χ0n) is 13.9. The third kappa shape index (κ3) is 4.54. The zero-order chi connectivity index (χ0) is 17.5. The van der Waals surface area contributed by atoms with Crippen molar-refractivity contribution in [3.05, 3.63) is 72.4 Å². The first-order valence-electron chi connectivity index (χ1n) is 7.83. The fraction of sp³-hybridized carbons (Fsp3) is 0.105. The first-order valence-corrected chi connectivity index (χ1v) is 7.83. The molecule has 0 aliphatic carbocycles. The molecule has 3 rings (SSSR count). The molecule has 0 radical (unpaired) electrons. The second kappa shape index (κ2) is 7.92. The van der Waals surface area contributed by atoms with Crippen LogP contribution in [-0.2, 0) is 6.54 Å². The molecule has 0 saturated heterocycles. The van der Waals surface area contributed by atoms with E-state index < -0.39 is 0 Å². The second-order valence-corrected chi connectivity index (χ2v) is 5.31. The average Bonchev–Trinajstić information content (AvgIpc) is 2.67. The van der Waals surface area contributed by atoms with E-state index >= 15 is 0 Å². The molecular formula is C19H19N5O. The predicted octanol–water partition coefficient (Wildman–Crippen LogP) is 3.08. The fourth-order valence-corrected chi connectivity index (χ4v) is 2.24. The smallest absolute Gasteiger partial charge is 0.194 e. The molecule has 0 fully saturated rings. The largest absolute Gasteiger partial charge is 0.497 e. The summed E-state index contributed by atoms with van der Waals surface area (Å²) in [6, 6.07) is 19.2. The number of hydrogen-bond acceptors (Lipinski definition) is 4. The molecule has 25 heavy (non-hydrogen) atoms. The Morgan fingerprint density at radius 1 is 1.08 bits per heavy atom. The lowest BCUT2D eigenvalue weighted by Gasteiger charge is -2.07. The van der Waals surface area contributed by atoms with Crippen molar-refractivity contribution in [3.8, 4) is 17.1 Å². The lowest BCUT2D eigenvalue weighted by molar-refractivity contribution is 0.415. The lowest BCUT2D eigenvalue weighted by Crippen LogP contribution is -2.23. The van der Waals surface area contributed by atoms with Crippen LogP contribution in [0.2, 0.25) is 0 Å². The number of aliphatic imine (C=N–C) groups is 1. The van der Waals surface area contributed by atoms with Crippen LogP contribution < -0.4 is 15.8 Å². The van der Waals surface area contributed by atoms with E-state index in [0.29, 0.717) is 24.1 Å². The van der Waals surface area contributed by atoms with Gasteiger partial charge in [0.2, 0.25) is 0 Å². The van der Waals surface area contributed by atoms with Gasteiger partial charge in [-0.1, -0.05) is 30.3 Å². The van der Waals surface area contributed by atoms with E-state index in [1.165, 1.54) is 0 Å². The Bertz CT molecular complexity index is 847. The van der Waals surface area contributed by atoms with Gasteiger partial charge in [-0.2, -0.15) is 0 Å². The molecule has 6 heteroatoms. The van der Waals surface area contributed by atoms with Crippen LogP contribution in [0.5, 0.6) is 5.75 Å². The molecule has 126 valence electrons. The Balaban J connectivity index is 1.70. The minimum Gasteiger partial charge on any atom is -0.497 e. The van der Waals surface area contributed by atoms with Crippen molar-refractivity contribution < 1.29 is 4.74 Å². The minimum absolute atomic E-state index is 0.309. The number of nitrogens with one attached hydrogen (secondary N) is 1. The van der Waals surface area contributed by atoms with Gasteiger partial charge in [-0.05, 0) is 35.9 Å². The molecule has 0 aliphatic rings. The molecule has 0 unspecified atom stereocenters. The van der Waals surface area contributed by atoms with Crippen LogP contribution in [0.15, 0.2) is 71.9 Å². The molecule has 0 amide bonds. The fourth-order valence-electron chi connectivity index (χ4n) is 2.24. The van der Waals surface area contributed by atoms with Crippen molar-refractivity contribution in [2.45, 2.75) is 6.54 Å². The van der Waals surface area contributed by atoms with Gasteiger partial charge in [0.05, 0.1) is 13.7 Å². The lowest BCUT2D eigenvalue weighted by atomic mass is 10.2. The number of guanidine groups is 1. The topological polar surface area (TPSA) is 85.4 Å². The van der Waals surface area contributed by atoms with Gasteiger partial charge in [-0.3, -0.25) is 0 Å². The Morgan fingerprint density at radius 3 is 2.56 bits per heavy atom. The molecule has 0 saturated carbocycles. The Hall–Kier alpha value is -3.41. The van der Waals surface area contributed by atoms with E-state index in [2.05, 4.69) is 20.3 Å². The van der Waals surface area contributed by atoms with Crippen molar-refractivity contribution in [2.75, 3.05) is 12.4 Å². The summed E-state index contributed by atoms with van der Waals surface area (Å²) in [5.74, 6) is 2.29. The molecule has 6 nitrogen and oxygen atoms in total. The molecule has 0 aliphatic heterocycles. The van der Waals surface area contributed by atoms with E-state index in [9.17, 15) is 0 Å². The molecule has 3 N–H and O–H groups in total. The first-order chi connectivity index (χ1) is 12.2. The summed E-state index contributed by atoms with van der Waals surface area (Å²) in [6.45, 7) is 0.510. The number of benzene rings is 2. The van der Waals surface area contributed by atoms with E-state index in [4.69, 9.17) is 10.5 Å². The first kappa shape index (κ1) is 16.4. The van der Waals surface area contributed by atoms with Gasteiger partial charge >= 0.3 is 0 Å². The number of rotatable bonds is 5. The monoisotopic (exact) mass is 333 g/mol. The molecule has 3 aromatic rings. The van der Waals surface area contributed by atoms with Gasteiger partial charge in [-0.15, -0.1) is 0 Å². The van der Waals surface area contributed by atoms with E-state index in [-0.39, 0.29) is 0 Å². The number of methoxy groups -OCH3 is 1. The summed E-state index contributed by atoms with van der Waals surface area (Å²) in [4.78, 5) is 13.1. The Labute approximate surface area is 146 Å². The molecule has 1 aromatic heterocycles. The number of aromatic nitrogens is 2. The van der Waals surface area contributed by atoms with Crippen LogP contribution in [0.1, 0.15) is 5.56 Å². The summed E-state index contributed by atoms with van der Waals surface area (Å²) < 4.78 is 5.16. The quantitative estimate of drug-likeness (QED) is 0.553. The summed E-state index contributed by atoms with van der Waals surface area (Å²) in [5, 5.41) is 3.00. The third-order valence-electron chi connectivity index (χ3n) is 3.53. The Morgan fingerprint density at radius 2 is 1.84 bits per heavy atom. The summed E-state index contributed by atoms with van der Waals surface area (Å²) in [7, 11) is 1.63. The highest BCUT2D eigenvalue weighted by molar-refractivity contribution is 5.91. The van der Waals surface area contributed by atoms with Crippen molar-refractivity contribution in [3.63, 3.8) is 0 Å². The number of hydrogen-bond donors (Lipinski definition) is 2. The molecule has 0 atom stereocenters. The predicted molar refractivity (Wildman–Crippen MR) is 99.4 cm³/mol. The second-order valence-electron chi connectivity index (χ2n) is 5.31. The van der Waals surface area contributed by atoms with Crippen molar-refractivity contribution >= 4 is 11.8 Å². The van der Waals surface area contributed by atoms with Crippen molar-refractivity contribution in [2.24, 2.45) is 10.7 Å². The molecule has 0 spiro atoms. The highest BCUT2D eigenvalue weighted by Crippen LogP contribution is 2.19. The van der Waals surface area contributed by atoms with Crippen LogP contribution in [0.3, 0.4) is 0 Å².